The van der Waals surface area contributed by atoms with Gasteiger partial charge in [-0.1, -0.05) is 157 Å². The maximum atomic E-state index is 12.7. The second-order valence-corrected chi connectivity index (χ2v) is 16.6. The molecule has 0 saturated heterocycles. The second-order valence-electron chi connectivity index (χ2n) is 16.6. The highest BCUT2D eigenvalue weighted by atomic mass is 16.6. The number of esters is 2. The van der Waals surface area contributed by atoms with E-state index in [2.05, 4.69) is 98.9 Å². The topological polar surface area (TPSA) is 102 Å². The molecule has 0 heterocycles. The molecule has 2 atom stereocenters. The average molecular weight is 838 g/mol. The maximum absolute atomic E-state index is 12.7. The Morgan fingerprint density at radius 3 is 1.43 bits per heavy atom. The lowest BCUT2D eigenvalue weighted by atomic mass is 10.1. The number of carboxylic acids is 1. The molecule has 0 aliphatic rings. The van der Waals surface area contributed by atoms with Gasteiger partial charge in [-0.3, -0.25) is 9.59 Å². The minimum absolute atomic E-state index is 0.0112. The Bertz CT molecular complexity index is 1250. The van der Waals surface area contributed by atoms with Crippen molar-refractivity contribution in [2.24, 2.45) is 0 Å². The normalized spacial score (nSPS) is 13.7. The zero-order chi connectivity index (χ0) is 44.2. The molecular weight excluding hydrogens is 751 g/mol. The van der Waals surface area contributed by atoms with Gasteiger partial charge in [-0.15, -0.1) is 0 Å². The van der Waals surface area contributed by atoms with Crippen LogP contribution in [0.15, 0.2) is 85.1 Å². The number of allylic oxidation sites excluding steroid dienone is 14. The van der Waals surface area contributed by atoms with Gasteiger partial charge in [0.2, 0.25) is 0 Å². The minimum Gasteiger partial charge on any atom is -0.544 e. The van der Waals surface area contributed by atoms with E-state index in [0.29, 0.717) is 12.8 Å². The molecule has 0 saturated carbocycles. The van der Waals surface area contributed by atoms with Crippen molar-refractivity contribution in [1.82, 2.24) is 0 Å². The van der Waals surface area contributed by atoms with Crippen molar-refractivity contribution in [3.63, 3.8) is 0 Å². The van der Waals surface area contributed by atoms with Crippen LogP contribution in [0.4, 0.5) is 0 Å². The summed E-state index contributed by atoms with van der Waals surface area (Å²) in [5, 5.41) is 11.6. The van der Waals surface area contributed by atoms with Gasteiger partial charge in [-0.05, 0) is 83.5 Å². The highest BCUT2D eigenvalue weighted by Gasteiger charge is 2.25. The van der Waals surface area contributed by atoms with E-state index < -0.39 is 18.1 Å². The first-order chi connectivity index (χ1) is 29.1. The van der Waals surface area contributed by atoms with Crippen molar-refractivity contribution in [2.45, 2.75) is 187 Å². The quantitative estimate of drug-likeness (QED) is 0.0261. The molecule has 0 rings (SSSR count). The predicted octanol–water partition coefficient (Wildman–Crippen LogP) is 12.0. The van der Waals surface area contributed by atoms with Gasteiger partial charge in [0.05, 0.1) is 40.3 Å². The summed E-state index contributed by atoms with van der Waals surface area (Å²) in [6.07, 6.45) is 54.7. The van der Waals surface area contributed by atoms with Crippen LogP contribution >= 0.6 is 0 Å². The molecule has 60 heavy (non-hydrogen) atoms. The molecule has 0 bridgehead atoms. The third-order valence-electron chi connectivity index (χ3n) is 10.0. The molecule has 0 aromatic rings. The standard InChI is InChI=1S/C52H87NO7/c1-6-8-10-12-14-16-18-20-22-24-25-27-28-30-32-34-36-38-40-42-50(54)59-47-48(46-58-45-44-49(52(56)57)53(3,4)5)60-51(55)43-41-39-37-35-33-31-29-26-23-21-19-17-15-13-11-9-7-2/h8,10,14,16,20-23,25,27,29,31,35,37,48-49H,6-7,9,11-13,15,17-19,24,26,28,30,32-34,36,38-47H2,1-5H3/b10-8+,16-14+,22-20+,23-21+,27-25+,31-29+,37-35+. The van der Waals surface area contributed by atoms with Gasteiger partial charge in [0.25, 0.3) is 0 Å². The second kappa shape index (κ2) is 42.2. The van der Waals surface area contributed by atoms with Gasteiger partial charge < -0.3 is 28.6 Å². The van der Waals surface area contributed by atoms with Crippen molar-refractivity contribution in [3.05, 3.63) is 85.1 Å². The molecule has 0 N–H and O–H groups in total. The minimum atomic E-state index is -1.14. The maximum Gasteiger partial charge on any atom is 0.306 e. The number of unbranched alkanes of at least 4 members (excludes halogenated alkanes) is 13. The molecule has 0 amide bonds. The van der Waals surface area contributed by atoms with E-state index in [-0.39, 0.29) is 49.1 Å². The van der Waals surface area contributed by atoms with Crippen LogP contribution in [0.1, 0.15) is 174 Å². The van der Waals surface area contributed by atoms with Crippen LogP contribution in [0.2, 0.25) is 0 Å². The van der Waals surface area contributed by atoms with Crippen LogP contribution in [0.25, 0.3) is 0 Å². The zero-order valence-corrected chi connectivity index (χ0v) is 38.8. The van der Waals surface area contributed by atoms with Gasteiger partial charge in [0.1, 0.15) is 12.6 Å². The van der Waals surface area contributed by atoms with E-state index in [1.165, 1.54) is 57.8 Å². The molecule has 342 valence electrons. The number of carboxylic acid groups (broad SMARTS) is 1. The molecule has 0 aromatic carbocycles. The van der Waals surface area contributed by atoms with Gasteiger partial charge in [-0.2, -0.15) is 0 Å². The van der Waals surface area contributed by atoms with E-state index >= 15 is 0 Å². The third-order valence-corrected chi connectivity index (χ3v) is 10.0. The largest absolute Gasteiger partial charge is 0.544 e. The zero-order valence-electron chi connectivity index (χ0n) is 38.8. The number of quaternary nitrogens is 1. The number of likely N-dealkylation sites (N-methyl/N-ethyl adjacent to an activating group) is 1. The summed E-state index contributed by atoms with van der Waals surface area (Å²) in [5.41, 5.74) is 0. The Morgan fingerprint density at radius 1 is 0.517 bits per heavy atom. The Labute approximate surface area is 367 Å². The fourth-order valence-corrected chi connectivity index (χ4v) is 6.37. The Hall–Kier alpha value is -3.49. The number of carbonyl (C=O) groups excluding carboxylic acids is 3. The average Bonchev–Trinajstić information content (AvgIpc) is 3.21. The summed E-state index contributed by atoms with van der Waals surface area (Å²) >= 11 is 0. The van der Waals surface area contributed by atoms with Crippen molar-refractivity contribution in [3.8, 4) is 0 Å². The van der Waals surface area contributed by atoms with Gasteiger partial charge in [0, 0.05) is 19.3 Å². The number of hydrogen-bond donors (Lipinski definition) is 0. The molecular formula is C52H87NO7. The Balaban J connectivity index is 4.42. The number of nitrogens with zero attached hydrogens (tertiary/aromatic N) is 1. The lowest BCUT2D eigenvalue weighted by Crippen LogP contribution is -2.55. The van der Waals surface area contributed by atoms with E-state index in [1.54, 1.807) is 21.1 Å². The van der Waals surface area contributed by atoms with Crippen molar-refractivity contribution in [1.29, 1.82) is 0 Å². The first-order valence-electron chi connectivity index (χ1n) is 23.6. The summed E-state index contributed by atoms with van der Waals surface area (Å²) in [6.45, 7) is 4.46. The number of rotatable bonds is 41. The van der Waals surface area contributed by atoms with Crippen LogP contribution in [0.5, 0.6) is 0 Å². The highest BCUT2D eigenvalue weighted by Crippen LogP contribution is 2.12. The summed E-state index contributed by atoms with van der Waals surface area (Å²) in [6, 6.07) is -0.741. The van der Waals surface area contributed by atoms with Crippen LogP contribution in [-0.2, 0) is 28.6 Å². The van der Waals surface area contributed by atoms with Crippen molar-refractivity contribution < 1.29 is 38.2 Å². The summed E-state index contributed by atoms with van der Waals surface area (Å²) < 4.78 is 17.1. The Kier molecular flexibility index (Phi) is 39.8. The van der Waals surface area contributed by atoms with E-state index in [1.807, 2.05) is 0 Å². The highest BCUT2D eigenvalue weighted by molar-refractivity contribution is 5.70. The van der Waals surface area contributed by atoms with Crippen molar-refractivity contribution in [2.75, 3.05) is 41.0 Å². The van der Waals surface area contributed by atoms with Crippen LogP contribution in [0, 0.1) is 0 Å². The van der Waals surface area contributed by atoms with E-state index in [4.69, 9.17) is 14.2 Å². The van der Waals surface area contributed by atoms with Crippen LogP contribution in [0.3, 0.4) is 0 Å². The Morgan fingerprint density at radius 2 is 0.950 bits per heavy atom. The molecule has 2 unspecified atom stereocenters. The van der Waals surface area contributed by atoms with Crippen LogP contribution < -0.4 is 5.11 Å². The lowest BCUT2D eigenvalue weighted by Gasteiger charge is -2.34. The van der Waals surface area contributed by atoms with Gasteiger partial charge >= 0.3 is 11.9 Å². The predicted molar refractivity (Wildman–Crippen MR) is 249 cm³/mol. The molecule has 0 aliphatic heterocycles. The summed E-state index contributed by atoms with van der Waals surface area (Å²) in [5.74, 6) is -1.83. The lowest BCUT2D eigenvalue weighted by molar-refractivity contribution is -0.889. The smallest absolute Gasteiger partial charge is 0.306 e. The van der Waals surface area contributed by atoms with E-state index in [9.17, 15) is 19.5 Å². The molecule has 0 aliphatic carbocycles. The SMILES string of the molecule is CC/C=C/C/C=C/C/C=C/C/C=C/CCCCCCCCC(=O)OCC(COCCC(C(=O)[O-])[N+](C)(C)C)OC(=O)CCC/C=C/C/C=C/C/C=C/CCCCCCCC. The summed E-state index contributed by atoms with van der Waals surface area (Å²) in [4.78, 5) is 36.9. The molecule has 0 fully saturated rings. The number of carbonyl (C=O) groups is 3. The molecule has 0 aromatic heterocycles. The molecule has 0 spiro atoms. The van der Waals surface area contributed by atoms with Gasteiger partial charge in [0.15, 0.2) is 6.10 Å². The van der Waals surface area contributed by atoms with Crippen molar-refractivity contribution >= 4 is 17.9 Å². The summed E-state index contributed by atoms with van der Waals surface area (Å²) in [7, 11) is 5.38. The molecule has 8 nitrogen and oxygen atoms in total. The first kappa shape index (κ1) is 56.5. The molecule has 0 radical (unpaired) electrons. The number of aliphatic carboxylic acids is 1. The number of hydrogen-bond acceptors (Lipinski definition) is 7. The van der Waals surface area contributed by atoms with Crippen LogP contribution in [-0.4, -0.2) is 75.5 Å². The van der Waals surface area contributed by atoms with Gasteiger partial charge in [-0.25, -0.2) is 0 Å². The third kappa shape index (κ3) is 39.9. The fourth-order valence-electron chi connectivity index (χ4n) is 6.37. The number of ether oxygens (including phenoxy) is 3. The monoisotopic (exact) mass is 838 g/mol. The first-order valence-corrected chi connectivity index (χ1v) is 23.6. The van der Waals surface area contributed by atoms with E-state index in [0.717, 1.165) is 77.0 Å². The fraction of sp³-hybridized carbons (Fsp3) is 0.673. The molecule has 8 heteroatoms.